The van der Waals surface area contributed by atoms with Gasteiger partial charge in [0.2, 0.25) is 0 Å². The zero-order valence-electron chi connectivity index (χ0n) is 11.8. The van der Waals surface area contributed by atoms with E-state index in [1.807, 2.05) is 6.92 Å². The highest BCUT2D eigenvalue weighted by molar-refractivity contribution is 5.94. The predicted molar refractivity (Wildman–Crippen MR) is 70.2 cm³/mol. The summed E-state index contributed by atoms with van der Waals surface area (Å²) in [5, 5.41) is 2.65. The molecule has 3 atom stereocenters. The summed E-state index contributed by atoms with van der Waals surface area (Å²) in [7, 11) is 0. The van der Waals surface area contributed by atoms with E-state index in [4.69, 9.17) is 0 Å². The van der Waals surface area contributed by atoms with E-state index in [2.05, 4.69) is 12.2 Å². The van der Waals surface area contributed by atoms with E-state index in [1.54, 1.807) is 0 Å². The van der Waals surface area contributed by atoms with Crippen LogP contribution in [0.15, 0.2) is 18.2 Å². The molecule has 3 unspecified atom stereocenters. The maximum absolute atomic E-state index is 13.6. The van der Waals surface area contributed by atoms with Crippen LogP contribution >= 0.6 is 0 Å². The lowest BCUT2D eigenvalue weighted by Gasteiger charge is -2.20. The molecule has 1 fully saturated rings. The molecule has 21 heavy (non-hydrogen) atoms. The van der Waals surface area contributed by atoms with Crippen molar-refractivity contribution in [3.8, 4) is 0 Å². The molecule has 2 nitrogen and oxygen atoms in total. The van der Waals surface area contributed by atoms with Gasteiger partial charge in [0.1, 0.15) is 5.82 Å². The van der Waals surface area contributed by atoms with Crippen LogP contribution in [-0.2, 0) is 6.18 Å². The van der Waals surface area contributed by atoms with E-state index in [9.17, 15) is 22.4 Å². The third-order valence-electron chi connectivity index (χ3n) is 4.32. The molecule has 1 N–H and O–H groups in total. The van der Waals surface area contributed by atoms with Crippen LogP contribution in [0.2, 0.25) is 0 Å². The Morgan fingerprint density at radius 1 is 1.24 bits per heavy atom. The summed E-state index contributed by atoms with van der Waals surface area (Å²) >= 11 is 0. The van der Waals surface area contributed by atoms with Gasteiger partial charge < -0.3 is 5.32 Å². The van der Waals surface area contributed by atoms with Gasteiger partial charge in [-0.25, -0.2) is 4.39 Å². The van der Waals surface area contributed by atoms with Crippen molar-refractivity contribution in [3.05, 3.63) is 35.1 Å². The Morgan fingerprint density at radius 3 is 2.43 bits per heavy atom. The predicted octanol–water partition coefficient (Wildman–Crippen LogP) is 4.01. The van der Waals surface area contributed by atoms with Crippen LogP contribution in [0.5, 0.6) is 0 Å². The van der Waals surface area contributed by atoms with E-state index in [1.165, 1.54) is 0 Å². The molecule has 0 saturated heterocycles. The van der Waals surface area contributed by atoms with Crippen molar-refractivity contribution in [3.63, 3.8) is 0 Å². The summed E-state index contributed by atoms with van der Waals surface area (Å²) in [4.78, 5) is 12.0. The van der Waals surface area contributed by atoms with Crippen LogP contribution in [-0.4, -0.2) is 11.9 Å². The highest BCUT2D eigenvalue weighted by Gasteiger charge is 2.34. The smallest absolute Gasteiger partial charge is 0.349 e. The van der Waals surface area contributed by atoms with Crippen molar-refractivity contribution >= 4 is 5.91 Å². The summed E-state index contributed by atoms with van der Waals surface area (Å²) in [6.07, 6.45) is -2.90. The Hall–Kier alpha value is -1.59. The molecule has 1 amide bonds. The second kappa shape index (κ2) is 5.66. The number of halogens is 4. The minimum Gasteiger partial charge on any atom is -0.349 e. The number of carbonyl (C=O) groups excluding carboxylic acids is 1. The lowest BCUT2D eigenvalue weighted by Crippen LogP contribution is -2.37. The van der Waals surface area contributed by atoms with Gasteiger partial charge in [0.15, 0.2) is 0 Å². The minimum atomic E-state index is -4.60. The van der Waals surface area contributed by atoms with Gasteiger partial charge in [-0.05, 0) is 42.9 Å². The van der Waals surface area contributed by atoms with E-state index < -0.39 is 29.0 Å². The summed E-state index contributed by atoms with van der Waals surface area (Å²) in [5.41, 5.74) is -1.58. The summed E-state index contributed by atoms with van der Waals surface area (Å²) in [6.45, 7) is 4.03. The van der Waals surface area contributed by atoms with E-state index in [0.29, 0.717) is 24.1 Å². The number of rotatable bonds is 2. The van der Waals surface area contributed by atoms with E-state index in [0.717, 1.165) is 12.8 Å². The quantitative estimate of drug-likeness (QED) is 0.822. The number of carbonyl (C=O) groups is 1. The van der Waals surface area contributed by atoms with Crippen molar-refractivity contribution < 1.29 is 22.4 Å². The molecule has 2 rings (SSSR count). The van der Waals surface area contributed by atoms with Gasteiger partial charge in [0.25, 0.3) is 5.91 Å². The van der Waals surface area contributed by atoms with Crippen LogP contribution in [0.4, 0.5) is 17.6 Å². The summed E-state index contributed by atoms with van der Waals surface area (Å²) in [5.74, 6) is -1.08. The zero-order valence-corrected chi connectivity index (χ0v) is 11.8. The Bertz CT molecular complexity index is 541. The normalized spacial score (nSPS) is 25.9. The van der Waals surface area contributed by atoms with Crippen LogP contribution in [0.25, 0.3) is 0 Å². The molecule has 0 radical (unpaired) electrons. The first-order valence-corrected chi connectivity index (χ1v) is 6.87. The molecular weight excluding hydrogens is 286 g/mol. The number of nitrogens with one attached hydrogen (secondary N) is 1. The monoisotopic (exact) mass is 303 g/mol. The molecule has 6 heteroatoms. The fourth-order valence-electron chi connectivity index (χ4n) is 2.69. The van der Waals surface area contributed by atoms with Gasteiger partial charge in [-0.1, -0.05) is 13.8 Å². The van der Waals surface area contributed by atoms with Gasteiger partial charge in [0.05, 0.1) is 11.1 Å². The molecular formula is C15H17F4NO. The molecule has 0 spiro atoms. The largest absolute Gasteiger partial charge is 0.416 e. The van der Waals surface area contributed by atoms with Crippen molar-refractivity contribution in [2.24, 2.45) is 11.8 Å². The van der Waals surface area contributed by atoms with E-state index in [-0.39, 0.29) is 12.0 Å². The Morgan fingerprint density at radius 2 is 1.90 bits per heavy atom. The molecule has 116 valence electrons. The molecule has 1 aromatic carbocycles. The Balaban J connectivity index is 2.19. The highest BCUT2D eigenvalue weighted by atomic mass is 19.4. The van der Waals surface area contributed by atoms with Crippen LogP contribution in [0.3, 0.4) is 0 Å². The van der Waals surface area contributed by atoms with Gasteiger partial charge in [-0.2, -0.15) is 13.2 Å². The van der Waals surface area contributed by atoms with Crippen molar-refractivity contribution in [2.45, 2.75) is 38.9 Å². The Kier molecular flexibility index (Phi) is 4.25. The SMILES string of the molecule is CC1CCC(NC(=O)c2cc(C(F)(F)F)ccc2F)C1C. The second-order valence-electron chi connectivity index (χ2n) is 5.69. The highest BCUT2D eigenvalue weighted by Crippen LogP contribution is 2.32. The average Bonchev–Trinajstić information content (AvgIpc) is 2.69. The van der Waals surface area contributed by atoms with Gasteiger partial charge in [-0.15, -0.1) is 0 Å². The summed E-state index contributed by atoms with van der Waals surface area (Å²) < 4.78 is 51.5. The minimum absolute atomic E-state index is 0.124. The number of hydrogen-bond donors (Lipinski definition) is 1. The average molecular weight is 303 g/mol. The van der Waals surface area contributed by atoms with Gasteiger partial charge >= 0.3 is 6.18 Å². The first kappa shape index (κ1) is 15.8. The molecule has 1 aliphatic rings. The zero-order chi connectivity index (χ0) is 15.8. The van der Waals surface area contributed by atoms with Crippen molar-refractivity contribution in [2.75, 3.05) is 0 Å². The third-order valence-corrected chi connectivity index (χ3v) is 4.32. The van der Waals surface area contributed by atoms with Crippen LogP contribution in [0, 0.1) is 17.7 Å². The first-order chi connectivity index (χ1) is 9.70. The summed E-state index contributed by atoms with van der Waals surface area (Å²) in [6, 6.07) is 1.75. The molecule has 1 saturated carbocycles. The van der Waals surface area contributed by atoms with Crippen molar-refractivity contribution in [1.29, 1.82) is 0 Å². The molecule has 1 aliphatic carbocycles. The Labute approximate surface area is 120 Å². The number of benzene rings is 1. The topological polar surface area (TPSA) is 29.1 Å². The number of alkyl halides is 3. The molecule has 1 aromatic rings. The van der Waals surface area contributed by atoms with Gasteiger partial charge in [0, 0.05) is 6.04 Å². The third kappa shape index (κ3) is 3.36. The maximum Gasteiger partial charge on any atom is 0.416 e. The molecule has 0 aliphatic heterocycles. The van der Waals surface area contributed by atoms with Crippen LogP contribution in [0.1, 0.15) is 42.6 Å². The number of amides is 1. The second-order valence-corrected chi connectivity index (χ2v) is 5.69. The molecule has 0 aromatic heterocycles. The lowest BCUT2D eigenvalue weighted by atomic mass is 9.97. The standard InChI is InChI=1S/C15H17F4NO/c1-8-3-6-13(9(8)2)20-14(21)11-7-10(15(17,18)19)4-5-12(11)16/h4-5,7-9,13H,3,6H2,1-2H3,(H,20,21). The fourth-order valence-corrected chi connectivity index (χ4v) is 2.69. The maximum atomic E-state index is 13.6. The lowest BCUT2D eigenvalue weighted by molar-refractivity contribution is -0.137. The fraction of sp³-hybridized carbons (Fsp3) is 0.533. The van der Waals surface area contributed by atoms with Crippen molar-refractivity contribution in [1.82, 2.24) is 5.32 Å². The molecule has 0 bridgehead atoms. The first-order valence-electron chi connectivity index (χ1n) is 6.87. The van der Waals surface area contributed by atoms with Gasteiger partial charge in [-0.3, -0.25) is 4.79 Å². The number of hydrogen-bond acceptors (Lipinski definition) is 1. The van der Waals surface area contributed by atoms with E-state index >= 15 is 0 Å². The van der Waals surface area contributed by atoms with Crippen LogP contribution < -0.4 is 5.32 Å². The molecule has 0 heterocycles.